The van der Waals surface area contributed by atoms with Crippen molar-refractivity contribution in [3.8, 4) is 0 Å². The standard InChI is InChI=1S/C25H32FN5O2/c26-22-7-5-20(6-8-22)25-21(11-28-29-25)13-30-14-23(33-17-18-3-4-18)15-31(24(32)16-30)12-19-2-1-9-27-10-19/h1-2,5-10,18,21,23,25,28-29H,3-4,11-17H2. The first-order valence-electron chi connectivity index (χ1n) is 11.9. The second kappa shape index (κ2) is 10.3. The molecule has 3 fully saturated rings. The van der Waals surface area contributed by atoms with Crippen LogP contribution in [-0.4, -0.2) is 66.1 Å². The lowest BCUT2D eigenvalue weighted by Gasteiger charge is -2.28. The van der Waals surface area contributed by atoms with Gasteiger partial charge in [0, 0.05) is 57.6 Å². The average molecular weight is 454 g/mol. The van der Waals surface area contributed by atoms with Crippen molar-refractivity contribution in [2.75, 3.05) is 39.3 Å². The molecule has 3 unspecified atom stereocenters. The molecule has 1 aromatic carbocycles. The summed E-state index contributed by atoms with van der Waals surface area (Å²) in [5, 5.41) is 0. The highest BCUT2D eigenvalue weighted by molar-refractivity contribution is 5.78. The number of rotatable bonds is 8. The molecule has 3 atom stereocenters. The van der Waals surface area contributed by atoms with Crippen LogP contribution in [0.1, 0.15) is 30.0 Å². The van der Waals surface area contributed by atoms with Crippen LogP contribution >= 0.6 is 0 Å². The van der Waals surface area contributed by atoms with E-state index in [0.29, 0.717) is 25.6 Å². The molecule has 7 nitrogen and oxygen atoms in total. The van der Waals surface area contributed by atoms with Crippen molar-refractivity contribution in [2.45, 2.75) is 31.5 Å². The Labute approximate surface area is 194 Å². The Hall–Kier alpha value is -2.39. The van der Waals surface area contributed by atoms with Crippen LogP contribution in [0.15, 0.2) is 48.8 Å². The molecule has 2 aliphatic heterocycles. The fourth-order valence-corrected chi connectivity index (χ4v) is 4.78. The summed E-state index contributed by atoms with van der Waals surface area (Å²) in [5.41, 5.74) is 8.65. The van der Waals surface area contributed by atoms with E-state index in [1.54, 1.807) is 6.20 Å². The molecule has 2 N–H and O–H groups in total. The van der Waals surface area contributed by atoms with Gasteiger partial charge in [-0.05, 0) is 48.1 Å². The molecule has 3 heterocycles. The lowest BCUT2D eigenvalue weighted by Crippen LogP contribution is -2.40. The fraction of sp³-hybridized carbons (Fsp3) is 0.520. The number of nitrogens with zero attached hydrogens (tertiary/aromatic N) is 3. The van der Waals surface area contributed by atoms with Crippen LogP contribution < -0.4 is 10.9 Å². The Morgan fingerprint density at radius 2 is 2.00 bits per heavy atom. The van der Waals surface area contributed by atoms with E-state index in [1.165, 1.54) is 25.0 Å². The number of ether oxygens (including phenoxy) is 1. The number of carbonyl (C=O) groups is 1. The van der Waals surface area contributed by atoms with Gasteiger partial charge in [0.15, 0.2) is 0 Å². The van der Waals surface area contributed by atoms with E-state index in [-0.39, 0.29) is 29.8 Å². The van der Waals surface area contributed by atoms with Gasteiger partial charge in [-0.1, -0.05) is 18.2 Å². The van der Waals surface area contributed by atoms with Gasteiger partial charge in [-0.3, -0.25) is 20.1 Å². The Morgan fingerprint density at radius 1 is 1.15 bits per heavy atom. The van der Waals surface area contributed by atoms with E-state index in [2.05, 4.69) is 20.7 Å². The molecule has 8 heteroatoms. The maximum Gasteiger partial charge on any atom is 0.237 e. The van der Waals surface area contributed by atoms with Crippen molar-refractivity contribution in [2.24, 2.45) is 11.8 Å². The molecule has 33 heavy (non-hydrogen) atoms. The van der Waals surface area contributed by atoms with Crippen molar-refractivity contribution in [3.05, 3.63) is 65.7 Å². The van der Waals surface area contributed by atoms with Crippen LogP contribution in [0.25, 0.3) is 0 Å². The molecule has 1 aliphatic carbocycles. The number of hydrogen-bond donors (Lipinski definition) is 2. The average Bonchev–Trinajstić information content (AvgIpc) is 3.56. The molecule has 0 bridgehead atoms. The van der Waals surface area contributed by atoms with E-state index in [1.807, 2.05) is 35.4 Å². The number of benzene rings is 1. The topological polar surface area (TPSA) is 69.7 Å². The SMILES string of the molecule is O=C1CN(CC2CNNC2c2ccc(F)cc2)CC(OCC2CC2)CN1Cc1cccnc1. The number of amides is 1. The Morgan fingerprint density at radius 3 is 2.76 bits per heavy atom. The van der Waals surface area contributed by atoms with E-state index < -0.39 is 0 Å². The van der Waals surface area contributed by atoms with Gasteiger partial charge >= 0.3 is 0 Å². The minimum atomic E-state index is -0.233. The molecule has 2 aromatic rings. The highest BCUT2D eigenvalue weighted by atomic mass is 19.1. The number of hydrogen-bond acceptors (Lipinski definition) is 6. The van der Waals surface area contributed by atoms with E-state index in [4.69, 9.17) is 4.74 Å². The van der Waals surface area contributed by atoms with Crippen molar-refractivity contribution < 1.29 is 13.9 Å². The number of halogens is 1. The van der Waals surface area contributed by atoms with Crippen LogP contribution in [0.3, 0.4) is 0 Å². The summed E-state index contributed by atoms with van der Waals surface area (Å²) >= 11 is 0. The van der Waals surface area contributed by atoms with Gasteiger partial charge in [0.05, 0.1) is 18.7 Å². The van der Waals surface area contributed by atoms with Crippen molar-refractivity contribution >= 4 is 5.91 Å². The second-order valence-corrected chi connectivity index (χ2v) is 9.54. The van der Waals surface area contributed by atoms with Gasteiger partial charge in [-0.25, -0.2) is 9.82 Å². The van der Waals surface area contributed by atoms with Gasteiger partial charge in [-0.2, -0.15) is 0 Å². The number of nitrogens with one attached hydrogen (secondary N) is 2. The Balaban J connectivity index is 1.28. The first-order chi connectivity index (χ1) is 16.1. The van der Waals surface area contributed by atoms with Gasteiger partial charge in [-0.15, -0.1) is 0 Å². The van der Waals surface area contributed by atoms with Crippen LogP contribution in [0.4, 0.5) is 4.39 Å². The zero-order valence-electron chi connectivity index (χ0n) is 18.8. The Bertz CT molecular complexity index is 924. The predicted octanol–water partition coefficient (Wildman–Crippen LogP) is 2.13. The molecule has 1 amide bonds. The molecule has 0 radical (unpaired) electrons. The summed E-state index contributed by atoms with van der Waals surface area (Å²) in [6, 6.07) is 10.6. The van der Waals surface area contributed by atoms with Gasteiger partial charge in [0.1, 0.15) is 5.82 Å². The quantitative estimate of drug-likeness (QED) is 0.638. The van der Waals surface area contributed by atoms with Crippen LogP contribution in [0, 0.1) is 17.7 Å². The zero-order chi connectivity index (χ0) is 22.6. The number of hydrazine groups is 1. The zero-order valence-corrected chi connectivity index (χ0v) is 18.8. The van der Waals surface area contributed by atoms with Crippen LogP contribution in [0.5, 0.6) is 0 Å². The summed E-state index contributed by atoms with van der Waals surface area (Å²) in [4.78, 5) is 21.6. The molecule has 5 rings (SSSR count). The molecule has 1 saturated carbocycles. The van der Waals surface area contributed by atoms with Crippen molar-refractivity contribution in [1.29, 1.82) is 0 Å². The van der Waals surface area contributed by atoms with E-state index in [9.17, 15) is 9.18 Å². The number of aromatic nitrogens is 1. The maximum absolute atomic E-state index is 13.4. The first kappa shape index (κ1) is 22.4. The third-order valence-corrected chi connectivity index (χ3v) is 6.77. The third-order valence-electron chi connectivity index (χ3n) is 6.77. The smallest absolute Gasteiger partial charge is 0.237 e. The summed E-state index contributed by atoms with van der Waals surface area (Å²) in [6.07, 6.45) is 6.04. The largest absolute Gasteiger partial charge is 0.375 e. The second-order valence-electron chi connectivity index (χ2n) is 9.54. The minimum Gasteiger partial charge on any atom is -0.375 e. The summed E-state index contributed by atoms with van der Waals surface area (Å²) in [6.45, 7) is 4.58. The highest BCUT2D eigenvalue weighted by Crippen LogP contribution is 2.30. The summed E-state index contributed by atoms with van der Waals surface area (Å²) in [5.74, 6) is 0.824. The molecule has 2 saturated heterocycles. The summed E-state index contributed by atoms with van der Waals surface area (Å²) in [7, 11) is 0. The molecule has 0 spiro atoms. The van der Waals surface area contributed by atoms with Gasteiger partial charge in [0.25, 0.3) is 0 Å². The monoisotopic (exact) mass is 453 g/mol. The molecule has 176 valence electrons. The lowest BCUT2D eigenvalue weighted by molar-refractivity contribution is -0.132. The van der Waals surface area contributed by atoms with E-state index >= 15 is 0 Å². The minimum absolute atomic E-state index is 0.0136. The molecular formula is C25H32FN5O2. The lowest BCUT2D eigenvalue weighted by atomic mass is 9.94. The van der Waals surface area contributed by atoms with E-state index in [0.717, 1.165) is 37.4 Å². The van der Waals surface area contributed by atoms with Crippen LogP contribution in [0.2, 0.25) is 0 Å². The molecule has 3 aliphatic rings. The van der Waals surface area contributed by atoms with Crippen LogP contribution in [-0.2, 0) is 16.1 Å². The highest BCUT2D eigenvalue weighted by Gasteiger charge is 2.35. The van der Waals surface area contributed by atoms with Crippen molar-refractivity contribution in [1.82, 2.24) is 25.6 Å². The number of carbonyl (C=O) groups excluding carboxylic acids is 1. The third kappa shape index (κ3) is 5.95. The Kier molecular flexibility index (Phi) is 6.96. The van der Waals surface area contributed by atoms with Gasteiger partial charge < -0.3 is 9.64 Å². The molecular weight excluding hydrogens is 421 g/mol. The molecule has 1 aromatic heterocycles. The maximum atomic E-state index is 13.4. The number of pyridine rings is 1. The van der Waals surface area contributed by atoms with Gasteiger partial charge in [0.2, 0.25) is 5.91 Å². The fourth-order valence-electron chi connectivity index (χ4n) is 4.78. The summed E-state index contributed by atoms with van der Waals surface area (Å²) < 4.78 is 19.7. The first-order valence-corrected chi connectivity index (χ1v) is 11.9. The predicted molar refractivity (Wildman–Crippen MR) is 122 cm³/mol. The normalized spacial score (nSPS) is 26.5. The van der Waals surface area contributed by atoms with Crippen molar-refractivity contribution in [3.63, 3.8) is 0 Å².